The molecule has 1 aliphatic rings. The summed E-state index contributed by atoms with van der Waals surface area (Å²) < 4.78 is 1.31. The lowest BCUT2D eigenvalue weighted by Crippen LogP contribution is -2.40. The molecule has 1 aliphatic heterocycles. The quantitative estimate of drug-likeness (QED) is 0.892. The third-order valence-corrected chi connectivity index (χ3v) is 4.80. The van der Waals surface area contributed by atoms with Crippen molar-refractivity contribution >= 4 is 16.7 Å². The van der Waals surface area contributed by atoms with Gasteiger partial charge in [-0.2, -0.15) is 5.10 Å². The summed E-state index contributed by atoms with van der Waals surface area (Å²) in [5.41, 5.74) is 0.503. The minimum atomic E-state index is -0.140. The fourth-order valence-corrected chi connectivity index (χ4v) is 3.50. The first-order chi connectivity index (χ1) is 11.6. The number of nitrogens with zero attached hydrogens (tertiary/aromatic N) is 3. The maximum Gasteiger partial charge on any atom is 0.274 e. The summed E-state index contributed by atoms with van der Waals surface area (Å²) in [6.45, 7) is 4.97. The highest BCUT2D eigenvalue weighted by Crippen LogP contribution is 2.16. The van der Waals surface area contributed by atoms with Crippen LogP contribution >= 0.6 is 0 Å². The molecule has 1 aromatic heterocycles. The molecular weight excluding hydrogens is 304 g/mol. The topological polar surface area (TPSA) is 67.2 Å². The van der Waals surface area contributed by atoms with Crippen LogP contribution in [0.15, 0.2) is 29.1 Å². The van der Waals surface area contributed by atoms with Gasteiger partial charge in [-0.1, -0.05) is 25.1 Å². The van der Waals surface area contributed by atoms with Crippen molar-refractivity contribution in [2.24, 2.45) is 7.05 Å². The molecule has 1 unspecified atom stereocenters. The number of carbonyl (C=O) groups is 1. The summed E-state index contributed by atoms with van der Waals surface area (Å²) in [6, 6.07) is 7.75. The zero-order chi connectivity index (χ0) is 17.1. The Morgan fingerprint density at radius 1 is 1.33 bits per heavy atom. The van der Waals surface area contributed by atoms with Gasteiger partial charge >= 0.3 is 0 Å². The lowest BCUT2D eigenvalue weighted by atomic mass is 10.1. The van der Waals surface area contributed by atoms with Crippen LogP contribution in [0.4, 0.5) is 0 Å². The lowest BCUT2D eigenvalue weighted by molar-refractivity contribution is -0.120. The monoisotopic (exact) mass is 328 g/mol. The van der Waals surface area contributed by atoms with Crippen LogP contribution < -0.4 is 10.9 Å². The van der Waals surface area contributed by atoms with Crippen molar-refractivity contribution in [3.05, 3.63) is 40.3 Å². The predicted octanol–water partition coefficient (Wildman–Crippen LogP) is 1.08. The van der Waals surface area contributed by atoms with Gasteiger partial charge in [0.15, 0.2) is 0 Å². The number of carbonyl (C=O) groups excluding carboxylic acids is 1. The Morgan fingerprint density at radius 2 is 2.08 bits per heavy atom. The van der Waals surface area contributed by atoms with E-state index < -0.39 is 0 Å². The number of aryl methyl sites for hydroxylation is 1. The number of hydrogen-bond donors (Lipinski definition) is 1. The molecule has 128 valence electrons. The highest BCUT2D eigenvalue weighted by Gasteiger charge is 2.23. The zero-order valence-corrected chi connectivity index (χ0v) is 14.3. The molecule has 24 heavy (non-hydrogen) atoms. The second-order valence-corrected chi connectivity index (χ2v) is 6.33. The Hall–Kier alpha value is -2.21. The number of benzene rings is 1. The normalized spacial score (nSPS) is 18.2. The number of fused-ring (bicyclic) bond motifs is 1. The van der Waals surface area contributed by atoms with E-state index in [2.05, 4.69) is 22.2 Å². The standard InChI is InChI=1S/C18H24N4O2/c1-3-22-10-6-7-13(22)12-19-17(23)11-16-14-8-4-5-9-15(14)18(24)21(2)20-16/h4-5,8-9,13H,3,6-7,10-12H2,1-2H3,(H,19,23). The molecule has 0 spiro atoms. The molecule has 0 bridgehead atoms. The second kappa shape index (κ2) is 7.13. The Balaban J connectivity index is 1.72. The predicted molar refractivity (Wildman–Crippen MR) is 94.0 cm³/mol. The van der Waals surface area contributed by atoms with Crippen LogP contribution in [0.2, 0.25) is 0 Å². The highest BCUT2D eigenvalue weighted by atomic mass is 16.1. The van der Waals surface area contributed by atoms with Gasteiger partial charge in [0.2, 0.25) is 5.91 Å². The van der Waals surface area contributed by atoms with Gasteiger partial charge in [0.25, 0.3) is 5.56 Å². The van der Waals surface area contributed by atoms with Gasteiger partial charge in [-0.15, -0.1) is 0 Å². The van der Waals surface area contributed by atoms with Gasteiger partial charge in [0.1, 0.15) is 0 Å². The molecule has 1 aromatic carbocycles. The Morgan fingerprint density at radius 3 is 2.83 bits per heavy atom. The summed E-state index contributed by atoms with van der Waals surface area (Å²) in [4.78, 5) is 26.9. The first-order valence-corrected chi connectivity index (χ1v) is 8.55. The Labute approximate surface area is 141 Å². The minimum absolute atomic E-state index is 0.0470. The van der Waals surface area contributed by atoms with Crippen molar-refractivity contribution in [3.63, 3.8) is 0 Å². The van der Waals surface area contributed by atoms with Crippen LogP contribution in [0.25, 0.3) is 10.8 Å². The molecule has 1 saturated heterocycles. The molecule has 0 radical (unpaired) electrons. The smallest absolute Gasteiger partial charge is 0.274 e. The van der Waals surface area contributed by atoms with Crippen molar-refractivity contribution < 1.29 is 4.79 Å². The van der Waals surface area contributed by atoms with Crippen LogP contribution in [0.1, 0.15) is 25.5 Å². The van der Waals surface area contributed by atoms with E-state index in [4.69, 9.17) is 0 Å². The third kappa shape index (κ3) is 3.33. The summed E-state index contributed by atoms with van der Waals surface area (Å²) in [5, 5.41) is 8.67. The molecule has 1 atom stereocenters. The molecule has 6 heteroatoms. The van der Waals surface area contributed by atoms with Gasteiger partial charge in [-0.25, -0.2) is 4.68 Å². The van der Waals surface area contributed by atoms with Gasteiger partial charge in [0, 0.05) is 25.0 Å². The fourth-order valence-electron chi connectivity index (χ4n) is 3.50. The van der Waals surface area contributed by atoms with Crippen molar-refractivity contribution in [2.45, 2.75) is 32.2 Å². The molecule has 0 saturated carbocycles. The number of hydrogen-bond acceptors (Lipinski definition) is 4. The molecule has 6 nitrogen and oxygen atoms in total. The van der Waals surface area contributed by atoms with Crippen molar-refractivity contribution in [3.8, 4) is 0 Å². The fraction of sp³-hybridized carbons (Fsp3) is 0.500. The second-order valence-electron chi connectivity index (χ2n) is 6.33. The van der Waals surface area contributed by atoms with Gasteiger partial charge in [0.05, 0.1) is 17.5 Å². The van der Waals surface area contributed by atoms with E-state index in [0.29, 0.717) is 23.7 Å². The summed E-state index contributed by atoms with van der Waals surface area (Å²) in [6.07, 6.45) is 2.52. The number of likely N-dealkylation sites (tertiary alicyclic amines) is 1. The van der Waals surface area contributed by atoms with Crippen LogP contribution in [0.3, 0.4) is 0 Å². The van der Waals surface area contributed by atoms with Gasteiger partial charge < -0.3 is 5.32 Å². The summed E-state index contributed by atoms with van der Waals surface area (Å²) in [5.74, 6) is -0.0470. The summed E-state index contributed by atoms with van der Waals surface area (Å²) in [7, 11) is 1.62. The van der Waals surface area contributed by atoms with Gasteiger partial charge in [-0.3, -0.25) is 14.5 Å². The van der Waals surface area contributed by atoms with Crippen molar-refractivity contribution in [2.75, 3.05) is 19.6 Å². The van der Waals surface area contributed by atoms with Crippen LogP contribution in [0, 0.1) is 0 Å². The maximum absolute atomic E-state index is 12.3. The number of rotatable bonds is 5. The van der Waals surface area contributed by atoms with E-state index in [0.717, 1.165) is 24.9 Å². The Kier molecular flexibility index (Phi) is 4.94. The van der Waals surface area contributed by atoms with E-state index in [9.17, 15) is 9.59 Å². The molecule has 3 rings (SSSR count). The van der Waals surface area contributed by atoms with Gasteiger partial charge in [-0.05, 0) is 32.0 Å². The zero-order valence-electron chi connectivity index (χ0n) is 14.3. The molecule has 2 heterocycles. The lowest BCUT2D eigenvalue weighted by Gasteiger charge is -2.22. The maximum atomic E-state index is 12.3. The molecule has 1 N–H and O–H groups in total. The van der Waals surface area contributed by atoms with Crippen LogP contribution in [-0.2, 0) is 18.3 Å². The largest absolute Gasteiger partial charge is 0.354 e. The molecule has 1 fully saturated rings. The Bertz CT molecular complexity index is 799. The average Bonchev–Trinajstić information content (AvgIpc) is 3.05. The van der Waals surface area contributed by atoms with E-state index in [1.165, 1.54) is 11.1 Å². The first-order valence-electron chi connectivity index (χ1n) is 8.55. The molecular formula is C18H24N4O2. The van der Waals surface area contributed by atoms with E-state index in [-0.39, 0.29) is 17.9 Å². The molecule has 1 amide bonds. The highest BCUT2D eigenvalue weighted by molar-refractivity contribution is 5.88. The van der Waals surface area contributed by atoms with Crippen LogP contribution in [-0.4, -0.2) is 46.3 Å². The molecule has 2 aromatic rings. The number of nitrogens with one attached hydrogen (secondary N) is 1. The number of likely N-dealkylation sites (N-methyl/N-ethyl adjacent to an activating group) is 1. The molecule has 0 aliphatic carbocycles. The van der Waals surface area contributed by atoms with E-state index in [1.807, 2.05) is 18.2 Å². The van der Waals surface area contributed by atoms with Crippen LogP contribution in [0.5, 0.6) is 0 Å². The van der Waals surface area contributed by atoms with E-state index >= 15 is 0 Å². The average molecular weight is 328 g/mol. The van der Waals surface area contributed by atoms with Crippen molar-refractivity contribution in [1.82, 2.24) is 20.0 Å². The first kappa shape index (κ1) is 16.6. The van der Waals surface area contributed by atoms with Crippen molar-refractivity contribution in [1.29, 1.82) is 0 Å². The third-order valence-electron chi connectivity index (χ3n) is 4.80. The minimum Gasteiger partial charge on any atom is -0.354 e. The SMILES string of the molecule is CCN1CCCC1CNC(=O)Cc1nn(C)c(=O)c2ccccc12. The number of aromatic nitrogens is 2. The summed E-state index contributed by atoms with van der Waals surface area (Å²) >= 11 is 0. The number of amides is 1. The van der Waals surface area contributed by atoms with E-state index in [1.54, 1.807) is 13.1 Å².